The lowest BCUT2D eigenvalue weighted by Gasteiger charge is -2.38. The smallest absolute Gasteiger partial charge is 0.231 e. The first-order valence-electron chi connectivity index (χ1n) is 9.69. The van der Waals surface area contributed by atoms with E-state index in [1.165, 1.54) is 17.7 Å². The lowest BCUT2D eigenvalue weighted by Crippen LogP contribution is -2.48. The van der Waals surface area contributed by atoms with Gasteiger partial charge < -0.3 is 24.8 Å². The summed E-state index contributed by atoms with van der Waals surface area (Å²) in [5.41, 5.74) is 1.29. The molecular formula is C20H32IN3O3S. The van der Waals surface area contributed by atoms with E-state index in [-0.39, 0.29) is 29.4 Å². The minimum atomic E-state index is 0. The van der Waals surface area contributed by atoms with Gasteiger partial charge in [0.25, 0.3) is 0 Å². The summed E-state index contributed by atoms with van der Waals surface area (Å²) in [6.45, 7) is 3.62. The van der Waals surface area contributed by atoms with E-state index >= 15 is 0 Å². The van der Waals surface area contributed by atoms with Gasteiger partial charge in [-0.1, -0.05) is 6.07 Å². The van der Waals surface area contributed by atoms with Gasteiger partial charge in [-0.15, -0.1) is 24.0 Å². The second kappa shape index (κ2) is 12.0. The first-order chi connectivity index (χ1) is 13.3. The van der Waals surface area contributed by atoms with Crippen molar-refractivity contribution < 1.29 is 14.2 Å². The van der Waals surface area contributed by atoms with E-state index in [0.717, 1.165) is 63.0 Å². The topological polar surface area (TPSA) is 64.1 Å². The molecule has 1 fully saturated rings. The fourth-order valence-corrected chi connectivity index (χ4v) is 4.10. The fraction of sp³-hybridized carbons (Fsp3) is 0.650. The summed E-state index contributed by atoms with van der Waals surface area (Å²) in [7, 11) is 1.83. The third kappa shape index (κ3) is 6.06. The maximum Gasteiger partial charge on any atom is 0.231 e. The summed E-state index contributed by atoms with van der Waals surface area (Å²) in [6.07, 6.45) is 6.48. The van der Waals surface area contributed by atoms with E-state index in [1.807, 2.05) is 24.9 Å². The van der Waals surface area contributed by atoms with Gasteiger partial charge in [-0.05, 0) is 55.4 Å². The van der Waals surface area contributed by atoms with Crippen molar-refractivity contribution in [3.63, 3.8) is 0 Å². The molecular weight excluding hydrogens is 489 g/mol. The van der Waals surface area contributed by atoms with Crippen molar-refractivity contribution in [1.82, 2.24) is 10.6 Å². The first kappa shape index (κ1) is 23.4. The Morgan fingerprint density at radius 3 is 2.68 bits per heavy atom. The summed E-state index contributed by atoms with van der Waals surface area (Å²) in [6, 6.07) is 6.32. The molecule has 6 nitrogen and oxygen atoms in total. The number of aliphatic imine (C=N–C) groups is 1. The van der Waals surface area contributed by atoms with Crippen molar-refractivity contribution in [2.45, 2.75) is 31.1 Å². The number of unbranched alkanes of at least 4 members (excludes halogenated alkanes) is 1. The summed E-state index contributed by atoms with van der Waals surface area (Å²) in [5.74, 6) is 3.75. The van der Waals surface area contributed by atoms with Crippen LogP contribution in [0.15, 0.2) is 23.2 Å². The predicted molar refractivity (Wildman–Crippen MR) is 127 cm³/mol. The van der Waals surface area contributed by atoms with Gasteiger partial charge in [-0.2, -0.15) is 11.8 Å². The number of thioether (sulfide) groups is 1. The van der Waals surface area contributed by atoms with Crippen LogP contribution in [0.2, 0.25) is 0 Å². The summed E-state index contributed by atoms with van der Waals surface area (Å²) < 4.78 is 16.7. The van der Waals surface area contributed by atoms with Crippen molar-refractivity contribution >= 4 is 41.7 Å². The molecule has 0 radical (unpaired) electrons. The van der Waals surface area contributed by atoms with Crippen molar-refractivity contribution in [3.8, 4) is 11.5 Å². The number of ether oxygens (including phenoxy) is 3. The SMILES string of the molecule is CN=C(NCCCCSC)NCC1(c2ccc3c(c2)OCO3)CCOCC1.I. The molecule has 3 rings (SSSR count). The standard InChI is InChI=1S/C20H31N3O3S.HI/c1-21-19(22-9-3-4-12-27-2)23-14-20(7-10-24-11-8-20)16-5-6-17-18(13-16)26-15-25-17;/h5-6,13H,3-4,7-12,14-15H2,1-2H3,(H2,21,22,23);1H. The zero-order chi connectivity index (χ0) is 19.0. The first-order valence-corrected chi connectivity index (χ1v) is 11.1. The van der Waals surface area contributed by atoms with E-state index in [9.17, 15) is 0 Å². The van der Waals surface area contributed by atoms with Crippen molar-refractivity contribution in [1.29, 1.82) is 0 Å². The molecule has 0 aliphatic carbocycles. The number of hydrogen-bond donors (Lipinski definition) is 2. The Bertz CT molecular complexity index is 639. The molecule has 0 saturated carbocycles. The maximum atomic E-state index is 5.64. The van der Waals surface area contributed by atoms with E-state index < -0.39 is 0 Å². The maximum absolute atomic E-state index is 5.64. The van der Waals surface area contributed by atoms with E-state index in [2.05, 4.69) is 34.0 Å². The zero-order valence-electron chi connectivity index (χ0n) is 16.8. The molecule has 0 bridgehead atoms. The number of hydrogen-bond acceptors (Lipinski definition) is 5. The Kier molecular flexibility index (Phi) is 10.0. The highest BCUT2D eigenvalue weighted by Crippen LogP contribution is 2.40. The van der Waals surface area contributed by atoms with Crippen LogP contribution in [0.4, 0.5) is 0 Å². The fourth-order valence-electron chi connectivity index (χ4n) is 3.61. The molecule has 2 aliphatic heterocycles. The number of benzene rings is 1. The highest BCUT2D eigenvalue weighted by atomic mass is 127. The third-order valence-corrected chi connectivity index (χ3v) is 6.02. The van der Waals surface area contributed by atoms with Gasteiger partial charge in [0.15, 0.2) is 17.5 Å². The molecule has 0 spiro atoms. The normalized spacial score (nSPS) is 17.7. The quantitative estimate of drug-likeness (QED) is 0.237. The van der Waals surface area contributed by atoms with Crippen molar-refractivity contribution in [2.75, 3.05) is 52.2 Å². The molecule has 1 aromatic rings. The molecule has 1 aromatic carbocycles. The molecule has 158 valence electrons. The molecule has 8 heteroatoms. The minimum absolute atomic E-state index is 0. The van der Waals surface area contributed by atoms with Crippen LogP contribution < -0.4 is 20.1 Å². The van der Waals surface area contributed by atoms with Gasteiger partial charge in [0.2, 0.25) is 6.79 Å². The third-order valence-electron chi connectivity index (χ3n) is 5.32. The highest BCUT2D eigenvalue weighted by molar-refractivity contribution is 14.0. The summed E-state index contributed by atoms with van der Waals surface area (Å²) >= 11 is 1.90. The van der Waals surface area contributed by atoms with Crippen LogP contribution in [-0.4, -0.2) is 58.1 Å². The number of guanidine groups is 1. The second-order valence-electron chi connectivity index (χ2n) is 7.01. The molecule has 2 N–H and O–H groups in total. The van der Waals surface area contributed by atoms with Crippen LogP contribution in [0.5, 0.6) is 11.5 Å². The molecule has 2 aliphatic rings. The van der Waals surface area contributed by atoms with Gasteiger partial charge in [0.05, 0.1) is 0 Å². The number of rotatable bonds is 8. The van der Waals surface area contributed by atoms with Crippen LogP contribution in [0.1, 0.15) is 31.2 Å². The largest absolute Gasteiger partial charge is 0.454 e. The molecule has 1 saturated heterocycles. The summed E-state index contributed by atoms with van der Waals surface area (Å²) in [4.78, 5) is 4.39. The van der Waals surface area contributed by atoms with Crippen molar-refractivity contribution in [3.05, 3.63) is 23.8 Å². The number of fused-ring (bicyclic) bond motifs is 1. The molecule has 0 unspecified atom stereocenters. The van der Waals surface area contributed by atoms with E-state index in [0.29, 0.717) is 6.79 Å². The van der Waals surface area contributed by atoms with Gasteiger partial charge >= 0.3 is 0 Å². The Morgan fingerprint density at radius 2 is 1.93 bits per heavy atom. The predicted octanol–water partition coefficient (Wildman–Crippen LogP) is 3.39. The Morgan fingerprint density at radius 1 is 1.14 bits per heavy atom. The lowest BCUT2D eigenvalue weighted by atomic mass is 9.74. The molecule has 0 amide bonds. The van der Waals surface area contributed by atoms with Gasteiger partial charge in [0.1, 0.15) is 0 Å². The number of halogens is 1. The summed E-state index contributed by atoms with van der Waals surface area (Å²) in [5, 5.41) is 6.98. The van der Waals surface area contributed by atoms with Crippen LogP contribution in [0, 0.1) is 0 Å². The molecule has 0 aromatic heterocycles. The van der Waals surface area contributed by atoms with E-state index in [4.69, 9.17) is 14.2 Å². The average Bonchev–Trinajstić information content (AvgIpc) is 3.18. The molecule has 0 atom stereocenters. The average molecular weight is 521 g/mol. The van der Waals surface area contributed by atoms with Crippen LogP contribution in [0.25, 0.3) is 0 Å². The lowest BCUT2D eigenvalue weighted by molar-refractivity contribution is 0.0513. The highest BCUT2D eigenvalue weighted by Gasteiger charge is 2.35. The van der Waals surface area contributed by atoms with Gasteiger partial charge in [0, 0.05) is 38.8 Å². The Hall–Kier alpha value is -0.870. The molecule has 2 heterocycles. The number of nitrogens with zero attached hydrogens (tertiary/aromatic N) is 1. The Balaban J connectivity index is 0.00000280. The van der Waals surface area contributed by atoms with Crippen LogP contribution in [-0.2, 0) is 10.2 Å². The molecule has 28 heavy (non-hydrogen) atoms. The van der Waals surface area contributed by atoms with Crippen LogP contribution in [0.3, 0.4) is 0 Å². The van der Waals surface area contributed by atoms with Crippen LogP contribution >= 0.6 is 35.7 Å². The monoisotopic (exact) mass is 521 g/mol. The minimum Gasteiger partial charge on any atom is -0.454 e. The zero-order valence-corrected chi connectivity index (χ0v) is 19.9. The van der Waals surface area contributed by atoms with Gasteiger partial charge in [-0.25, -0.2) is 0 Å². The Labute approximate surface area is 189 Å². The second-order valence-corrected chi connectivity index (χ2v) is 8.00. The van der Waals surface area contributed by atoms with Crippen molar-refractivity contribution in [2.24, 2.45) is 4.99 Å². The van der Waals surface area contributed by atoms with Gasteiger partial charge in [-0.3, -0.25) is 4.99 Å². The number of nitrogens with one attached hydrogen (secondary N) is 2. The van der Waals surface area contributed by atoms with E-state index in [1.54, 1.807) is 0 Å².